The zero-order chi connectivity index (χ0) is 20.0. The number of fused-ring (bicyclic) bond motifs is 1. The summed E-state index contributed by atoms with van der Waals surface area (Å²) in [6, 6.07) is 14.1. The Bertz CT molecular complexity index is 928. The summed E-state index contributed by atoms with van der Waals surface area (Å²) in [5.41, 5.74) is 2.56. The Balaban J connectivity index is 1.70. The Morgan fingerprint density at radius 1 is 1.14 bits per heavy atom. The summed E-state index contributed by atoms with van der Waals surface area (Å²) >= 11 is 0. The fourth-order valence-corrected chi connectivity index (χ4v) is 4.71. The summed E-state index contributed by atoms with van der Waals surface area (Å²) in [5.74, 6) is -0.280. The first-order valence-corrected chi connectivity index (χ1v) is 11.0. The first kappa shape index (κ1) is 20.5. The average molecular weight is 403 g/mol. The van der Waals surface area contributed by atoms with Crippen molar-refractivity contribution in [1.82, 2.24) is 9.62 Å². The summed E-state index contributed by atoms with van der Waals surface area (Å²) in [7, 11) is -3.66. The van der Waals surface area contributed by atoms with Crippen LogP contribution in [0.3, 0.4) is 0 Å². The second kappa shape index (κ2) is 9.32. The molecule has 6 nitrogen and oxygen atoms in total. The van der Waals surface area contributed by atoms with Gasteiger partial charge in [0, 0.05) is 38.4 Å². The lowest BCUT2D eigenvalue weighted by molar-refractivity contribution is 0.0944. The number of nitrogens with one attached hydrogen (secondary N) is 1. The van der Waals surface area contributed by atoms with E-state index in [0.717, 1.165) is 5.56 Å². The van der Waals surface area contributed by atoms with E-state index in [1.165, 1.54) is 15.9 Å². The normalized spacial score (nSPS) is 14.5. The van der Waals surface area contributed by atoms with Crippen LogP contribution in [0, 0.1) is 0 Å². The molecule has 0 saturated carbocycles. The van der Waals surface area contributed by atoms with Crippen LogP contribution in [-0.2, 0) is 27.7 Å². The van der Waals surface area contributed by atoms with Crippen LogP contribution < -0.4 is 5.32 Å². The molecule has 0 bridgehead atoms. The summed E-state index contributed by atoms with van der Waals surface area (Å²) in [6.07, 6.45) is 1.40. The molecule has 0 unspecified atom stereocenters. The van der Waals surface area contributed by atoms with Gasteiger partial charge in [-0.2, -0.15) is 4.31 Å². The van der Waals surface area contributed by atoms with Gasteiger partial charge in [-0.1, -0.05) is 30.3 Å². The first-order chi connectivity index (χ1) is 13.5. The van der Waals surface area contributed by atoms with Crippen LogP contribution in [-0.4, -0.2) is 44.9 Å². The third-order valence-electron chi connectivity index (χ3n) is 4.78. The number of carbonyl (C=O) groups excluding carboxylic acids is 1. The molecule has 1 aliphatic heterocycles. The Labute approximate surface area is 166 Å². The van der Waals surface area contributed by atoms with E-state index in [9.17, 15) is 13.2 Å². The number of nitrogens with zero attached hydrogens (tertiary/aromatic N) is 1. The molecule has 1 N–H and O–H groups in total. The topological polar surface area (TPSA) is 75.7 Å². The van der Waals surface area contributed by atoms with Gasteiger partial charge in [-0.25, -0.2) is 8.42 Å². The SMILES string of the molecule is CCOCCCNC(=O)c1cccc(S(=O)(=O)N2CCc3ccccc3C2)c1. The van der Waals surface area contributed by atoms with Gasteiger partial charge < -0.3 is 10.1 Å². The van der Waals surface area contributed by atoms with Crippen LogP contribution in [0.25, 0.3) is 0 Å². The second-order valence-corrected chi connectivity index (χ2v) is 8.63. The summed E-state index contributed by atoms with van der Waals surface area (Å²) < 4.78 is 32.9. The Kier molecular flexibility index (Phi) is 6.83. The van der Waals surface area contributed by atoms with Gasteiger partial charge in [-0.05, 0) is 49.1 Å². The molecule has 3 rings (SSSR count). The Hall–Kier alpha value is -2.22. The van der Waals surface area contributed by atoms with Crippen molar-refractivity contribution >= 4 is 15.9 Å². The highest BCUT2D eigenvalue weighted by atomic mass is 32.2. The monoisotopic (exact) mass is 402 g/mol. The van der Waals surface area contributed by atoms with Crippen molar-refractivity contribution in [2.75, 3.05) is 26.3 Å². The van der Waals surface area contributed by atoms with E-state index in [-0.39, 0.29) is 10.8 Å². The lowest BCUT2D eigenvalue weighted by atomic mass is 10.0. The van der Waals surface area contributed by atoms with Crippen LogP contribution in [0.2, 0.25) is 0 Å². The third-order valence-corrected chi connectivity index (χ3v) is 6.63. The summed E-state index contributed by atoms with van der Waals surface area (Å²) in [4.78, 5) is 12.5. The molecule has 0 atom stereocenters. The fraction of sp³-hybridized carbons (Fsp3) is 0.381. The summed E-state index contributed by atoms with van der Waals surface area (Å²) in [6.45, 7) is 4.43. The van der Waals surface area contributed by atoms with Gasteiger partial charge in [0.1, 0.15) is 0 Å². The van der Waals surface area contributed by atoms with Crippen molar-refractivity contribution in [2.45, 2.75) is 31.2 Å². The molecule has 150 valence electrons. The predicted octanol–water partition coefficient (Wildman–Crippen LogP) is 2.59. The zero-order valence-corrected chi connectivity index (χ0v) is 16.9. The molecule has 0 aromatic heterocycles. The fourth-order valence-electron chi connectivity index (χ4n) is 3.24. The minimum Gasteiger partial charge on any atom is -0.382 e. The maximum Gasteiger partial charge on any atom is 0.251 e. The van der Waals surface area contributed by atoms with Gasteiger partial charge in [0.2, 0.25) is 10.0 Å². The molecule has 1 aliphatic rings. The molecule has 0 saturated heterocycles. The van der Waals surface area contributed by atoms with Crippen molar-refractivity contribution in [1.29, 1.82) is 0 Å². The van der Waals surface area contributed by atoms with E-state index < -0.39 is 10.0 Å². The van der Waals surface area contributed by atoms with E-state index in [1.807, 2.05) is 31.2 Å². The van der Waals surface area contributed by atoms with Gasteiger partial charge in [0.15, 0.2) is 0 Å². The largest absolute Gasteiger partial charge is 0.382 e. The van der Waals surface area contributed by atoms with Gasteiger partial charge in [-0.15, -0.1) is 0 Å². The highest BCUT2D eigenvalue weighted by Crippen LogP contribution is 2.25. The lowest BCUT2D eigenvalue weighted by Gasteiger charge is -2.28. The third kappa shape index (κ3) is 4.79. The zero-order valence-electron chi connectivity index (χ0n) is 16.1. The van der Waals surface area contributed by atoms with Gasteiger partial charge >= 0.3 is 0 Å². The standard InChI is InChI=1S/C21H26N2O4S/c1-2-27-14-6-12-22-21(24)18-9-5-10-20(15-18)28(25,26)23-13-11-17-7-3-4-8-19(17)16-23/h3-5,7-10,15H,2,6,11-14,16H2,1H3,(H,22,24). The van der Waals surface area contributed by atoms with E-state index in [1.54, 1.807) is 18.2 Å². The maximum atomic E-state index is 13.1. The Morgan fingerprint density at radius 2 is 1.93 bits per heavy atom. The van der Waals surface area contributed by atoms with E-state index in [0.29, 0.717) is 51.3 Å². The molecule has 2 aromatic rings. The number of amides is 1. The second-order valence-electron chi connectivity index (χ2n) is 6.69. The lowest BCUT2D eigenvalue weighted by Crippen LogP contribution is -2.36. The average Bonchev–Trinajstić information content (AvgIpc) is 2.73. The molecular weight excluding hydrogens is 376 g/mol. The predicted molar refractivity (Wildman–Crippen MR) is 108 cm³/mol. The molecule has 0 radical (unpaired) electrons. The number of hydrogen-bond donors (Lipinski definition) is 1. The number of benzene rings is 2. The van der Waals surface area contributed by atoms with Gasteiger partial charge in [-0.3, -0.25) is 4.79 Å². The van der Waals surface area contributed by atoms with Crippen molar-refractivity contribution in [3.8, 4) is 0 Å². The number of rotatable bonds is 8. The quantitative estimate of drug-likeness (QED) is 0.689. The van der Waals surface area contributed by atoms with Crippen LogP contribution >= 0.6 is 0 Å². The van der Waals surface area contributed by atoms with E-state index in [4.69, 9.17) is 4.74 Å². The molecule has 0 fully saturated rings. The highest BCUT2D eigenvalue weighted by Gasteiger charge is 2.28. The number of hydrogen-bond acceptors (Lipinski definition) is 4. The van der Waals surface area contributed by atoms with Crippen LogP contribution in [0.15, 0.2) is 53.4 Å². The molecule has 1 heterocycles. The number of sulfonamides is 1. The van der Waals surface area contributed by atoms with Crippen molar-refractivity contribution < 1.29 is 17.9 Å². The Morgan fingerprint density at radius 3 is 2.71 bits per heavy atom. The van der Waals surface area contributed by atoms with Crippen molar-refractivity contribution in [2.24, 2.45) is 0 Å². The van der Waals surface area contributed by atoms with Gasteiger partial charge in [0.25, 0.3) is 5.91 Å². The highest BCUT2D eigenvalue weighted by molar-refractivity contribution is 7.89. The number of ether oxygens (including phenoxy) is 1. The maximum absolute atomic E-state index is 13.1. The minimum absolute atomic E-state index is 0.147. The minimum atomic E-state index is -3.66. The molecule has 0 aliphatic carbocycles. The molecule has 1 amide bonds. The van der Waals surface area contributed by atoms with E-state index in [2.05, 4.69) is 5.32 Å². The van der Waals surface area contributed by atoms with Crippen LogP contribution in [0.5, 0.6) is 0 Å². The molecule has 0 spiro atoms. The van der Waals surface area contributed by atoms with Crippen LogP contribution in [0.4, 0.5) is 0 Å². The molecule has 2 aromatic carbocycles. The number of carbonyl (C=O) groups is 1. The van der Waals surface area contributed by atoms with Crippen molar-refractivity contribution in [3.05, 3.63) is 65.2 Å². The summed E-state index contributed by atoms with van der Waals surface area (Å²) in [5, 5.41) is 2.80. The molecular formula is C21H26N2O4S. The molecule has 28 heavy (non-hydrogen) atoms. The van der Waals surface area contributed by atoms with Crippen molar-refractivity contribution in [3.63, 3.8) is 0 Å². The molecule has 7 heteroatoms. The first-order valence-electron chi connectivity index (χ1n) is 9.55. The van der Waals surface area contributed by atoms with Gasteiger partial charge in [0.05, 0.1) is 4.90 Å². The van der Waals surface area contributed by atoms with E-state index >= 15 is 0 Å². The van der Waals surface area contributed by atoms with Crippen LogP contribution in [0.1, 0.15) is 34.8 Å². The smallest absolute Gasteiger partial charge is 0.251 e.